The standard InChI is InChI=1S/C13H16N4O2/c1-13(2,3)8-4-5-10(15-6-8)17-7-9(14)11(16-17)12(18)19/h4-7H,14H2,1-3H3,(H,18,19). The topological polar surface area (TPSA) is 94.0 Å². The molecule has 0 aromatic carbocycles. The van der Waals surface area contributed by atoms with E-state index in [1.165, 1.54) is 10.9 Å². The van der Waals surface area contributed by atoms with Crippen molar-refractivity contribution in [3.8, 4) is 5.82 Å². The van der Waals surface area contributed by atoms with Gasteiger partial charge in [-0.05, 0) is 17.0 Å². The molecule has 100 valence electrons. The molecule has 2 aromatic heterocycles. The molecule has 19 heavy (non-hydrogen) atoms. The van der Waals surface area contributed by atoms with Crippen LogP contribution in [0, 0.1) is 0 Å². The smallest absolute Gasteiger partial charge is 0.358 e. The Kier molecular flexibility index (Phi) is 3.01. The third kappa shape index (κ3) is 2.57. The van der Waals surface area contributed by atoms with Crippen molar-refractivity contribution in [2.75, 3.05) is 5.73 Å². The molecule has 0 amide bonds. The van der Waals surface area contributed by atoms with Gasteiger partial charge in [-0.15, -0.1) is 0 Å². The van der Waals surface area contributed by atoms with Crippen LogP contribution in [0.1, 0.15) is 36.8 Å². The molecule has 6 heteroatoms. The van der Waals surface area contributed by atoms with Crippen molar-refractivity contribution in [2.24, 2.45) is 0 Å². The number of hydrogen-bond acceptors (Lipinski definition) is 4. The summed E-state index contributed by atoms with van der Waals surface area (Å²) in [4.78, 5) is 15.2. The maximum Gasteiger partial charge on any atom is 0.358 e. The fourth-order valence-electron chi connectivity index (χ4n) is 1.64. The molecule has 3 N–H and O–H groups in total. The summed E-state index contributed by atoms with van der Waals surface area (Å²) in [6.45, 7) is 6.29. The van der Waals surface area contributed by atoms with Gasteiger partial charge >= 0.3 is 5.97 Å². The van der Waals surface area contributed by atoms with E-state index in [1.54, 1.807) is 12.3 Å². The Morgan fingerprint density at radius 3 is 2.47 bits per heavy atom. The van der Waals surface area contributed by atoms with Gasteiger partial charge in [0.15, 0.2) is 11.5 Å². The van der Waals surface area contributed by atoms with Crippen molar-refractivity contribution in [3.05, 3.63) is 35.8 Å². The molecule has 6 nitrogen and oxygen atoms in total. The van der Waals surface area contributed by atoms with Crippen LogP contribution in [0.2, 0.25) is 0 Å². The molecule has 0 aliphatic rings. The largest absolute Gasteiger partial charge is 0.476 e. The summed E-state index contributed by atoms with van der Waals surface area (Å²) in [5, 5.41) is 12.8. The zero-order valence-corrected chi connectivity index (χ0v) is 11.1. The van der Waals surface area contributed by atoms with Gasteiger partial charge in [-0.1, -0.05) is 26.8 Å². The van der Waals surface area contributed by atoms with Crippen molar-refractivity contribution in [3.63, 3.8) is 0 Å². The number of aromatic carboxylic acids is 1. The Morgan fingerprint density at radius 1 is 1.37 bits per heavy atom. The van der Waals surface area contributed by atoms with Crippen LogP contribution in [0.3, 0.4) is 0 Å². The average Bonchev–Trinajstić information content (AvgIpc) is 2.70. The van der Waals surface area contributed by atoms with E-state index in [2.05, 4.69) is 30.9 Å². The maximum absolute atomic E-state index is 10.9. The molecule has 0 unspecified atom stereocenters. The van der Waals surface area contributed by atoms with E-state index < -0.39 is 5.97 Å². The van der Waals surface area contributed by atoms with Crippen LogP contribution in [-0.2, 0) is 5.41 Å². The first-order valence-electron chi connectivity index (χ1n) is 5.84. The monoisotopic (exact) mass is 260 g/mol. The summed E-state index contributed by atoms with van der Waals surface area (Å²) < 4.78 is 1.37. The van der Waals surface area contributed by atoms with Crippen LogP contribution in [0.4, 0.5) is 5.69 Å². The summed E-state index contributed by atoms with van der Waals surface area (Å²) in [5.41, 5.74) is 6.65. The number of carboxylic acids is 1. The number of nitrogens with zero attached hydrogens (tertiary/aromatic N) is 3. The number of carboxylic acid groups (broad SMARTS) is 1. The van der Waals surface area contributed by atoms with Crippen molar-refractivity contribution in [1.82, 2.24) is 14.8 Å². The molecule has 2 rings (SSSR count). The number of carbonyl (C=O) groups is 1. The fraction of sp³-hybridized carbons (Fsp3) is 0.308. The van der Waals surface area contributed by atoms with E-state index in [0.717, 1.165) is 5.56 Å². The quantitative estimate of drug-likeness (QED) is 0.859. The first kappa shape index (κ1) is 13.1. The maximum atomic E-state index is 10.9. The predicted molar refractivity (Wildman–Crippen MR) is 71.4 cm³/mol. The highest BCUT2D eigenvalue weighted by atomic mass is 16.4. The van der Waals surface area contributed by atoms with Crippen LogP contribution >= 0.6 is 0 Å². The Balaban J connectivity index is 2.38. The first-order chi connectivity index (χ1) is 8.79. The average molecular weight is 260 g/mol. The zero-order valence-electron chi connectivity index (χ0n) is 11.1. The van der Waals surface area contributed by atoms with Gasteiger partial charge in [-0.2, -0.15) is 5.10 Å². The number of nitrogens with two attached hydrogens (primary N) is 1. The minimum atomic E-state index is -1.15. The summed E-state index contributed by atoms with van der Waals surface area (Å²) >= 11 is 0. The number of pyridine rings is 1. The number of rotatable bonds is 2. The van der Waals surface area contributed by atoms with Crippen molar-refractivity contribution in [1.29, 1.82) is 0 Å². The van der Waals surface area contributed by atoms with E-state index in [-0.39, 0.29) is 16.8 Å². The van der Waals surface area contributed by atoms with Crippen molar-refractivity contribution >= 4 is 11.7 Å². The van der Waals surface area contributed by atoms with Gasteiger partial charge in [0.2, 0.25) is 0 Å². The van der Waals surface area contributed by atoms with Crippen LogP contribution in [0.15, 0.2) is 24.5 Å². The van der Waals surface area contributed by atoms with E-state index in [9.17, 15) is 4.79 Å². The molecule has 0 radical (unpaired) electrons. The Hall–Kier alpha value is -2.37. The molecule has 0 spiro atoms. The highest BCUT2D eigenvalue weighted by molar-refractivity contribution is 5.91. The normalized spacial score (nSPS) is 11.5. The van der Waals surface area contributed by atoms with Gasteiger partial charge < -0.3 is 10.8 Å². The lowest BCUT2D eigenvalue weighted by molar-refractivity contribution is 0.0691. The third-order valence-electron chi connectivity index (χ3n) is 2.79. The summed E-state index contributed by atoms with van der Waals surface area (Å²) in [5.74, 6) is -0.616. The zero-order chi connectivity index (χ0) is 14.2. The lowest BCUT2D eigenvalue weighted by Gasteiger charge is -2.18. The number of anilines is 1. The van der Waals surface area contributed by atoms with Crippen molar-refractivity contribution < 1.29 is 9.90 Å². The second-order valence-corrected chi connectivity index (χ2v) is 5.34. The Morgan fingerprint density at radius 2 is 2.05 bits per heavy atom. The first-order valence-corrected chi connectivity index (χ1v) is 5.84. The fourth-order valence-corrected chi connectivity index (χ4v) is 1.64. The van der Waals surface area contributed by atoms with Crippen LogP contribution in [-0.4, -0.2) is 25.8 Å². The van der Waals surface area contributed by atoms with Gasteiger partial charge in [0.05, 0.1) is 11.9 Å². The van der Waals surface area contributed by atoms with E-state index in [0.29, 0.717) is 5.82 Å². The molecule has 0 fully saturated rings. The highest BCUT2D eigenvalue weighted by Crippen LogP contribution is 2.22. The van der Waals surface area contributed by atoms with E-state index in [4.69, 9.17) is 10.8 Å². The molecule has 2 aromatic rings. The minimum absolute atomic E-state index is 0.0148. The lowest BCUT2D eigenvalue weighted by Crippen LogP contribution is -2.12. The van der Waals surface area contributed by atoms with Gasteiger partial charge in [0, 0.05) is 6.20 Å². The summed E-state index contributed by atoms with van der Waals surface area (Å²) in [6, 6.07) is 3.74. The molecular formula is C13H16N4O2. The molecule has 0 saturated heterocycles. The van der Waals surface area contributed by atoms with Crippen LogP contribution in [0.5, 0.6) is 0 Å². The summed E-state index contributed by atoms with van der Waals surface area (Å²) in [6.07, 6.45) is 3.20. The number of hydrogen-bond donors (Lipinski definition) is 2. The van der Waals surface area contributed by atoms with Gasteiger partial charge in [0.25, 0.3) is 0 Å². The van der Waals surface area contributed by atoms with E-state index in [1.807, 2.05) is 6.07 Å². The van der Waals surface area contributed by atoms with Gasteiger partial charge in [0.1, 0.15) is 0 Å². The predicted octanol–water partition coefficient (Wildman–Crippen LogP) is 1.85. The van der Waals surface area contributed by atoms with Crippen molar-refractivity contribution in [2.45, 2.75) is 26.2 Å². The molecule has 0 atom stereocenters. The molecular weight excluding hydrogens is 244 g/mol. The van der Waals surface area contributed by atoms with Crippen LogP contribution in [0.25, 0.3) is 5.82 Å². The second-order valence-electron chi connectivity index (χ2n) is 5.34. The molecule has 0 aliphatic heterocycles. The minimum Gasteiger partial charge on any atom is -0.476 e. The molecule has 0 bridgehead atoms. The van der Waals surface area contributed by atoms with Gasteiger partial charge in [-0.25, -0.2) is 14.5 Å². The Labute approximate surface area is 110 Å². The third-order valence-corrected chi connectivity index (χ3v) is 2.79. The highest BCUT2D eigenvalue weighted by Gasteiger charge is 2.16. The lowest BCUT2D eigenvalue weighted by atomic mass is 9.88. The SMILES string of the molecule is CC(C)(C)c1ccc(-n2cc(N)c(C(=O)O)n2)nc1. The van der Waals surface area contributed by atoms with Gasteiger partial charge in [-0.3, -0.25) is 0 Å². The summed E-state index contributed by atoms with van der Waals surface area (Å²) in [7, 11) is 0. The Bertz CT molecular complexity index is 609. The van der Waals surface area contributed by atoms with Crippen LogP contribution < -0.4 is 5.73 Å². The number of nitrogen functional groups attached to an aromatic ring is 1. The van der Waals surface area contributed by atoms with E-state index >= 15 is 0 Å². The molecule has 0 aliphatic carbocycles. The molecule has 0 saturated carbocycles. The second kappa shape index (κ2) is 4.38. The number of aromatic nitrogens is 3. The molecule has 2 heterocycles.